The van der Waals surface area contributed by atoms with Gasteiger partial charge in [-0.15, -0.1) is 0 Å². The predicted molar refractivity (Wildman–Crippen MR) is 66.2 cm³/mol. The lowest BCUT2D eigenvalue weighted by Crippen LogP contribution is -2.45. The van der Waals surface area contributed by atoms with Crippen LogP contribution in [0.1, 0.15) is 24.1 Å². The largest absolute Gasteiger partial charge is 0.422 e. The Morgan fingerprint density at radius 1 is 1.32 bits per heavy atom. The van der Waals surface area contributed by atoms with Gasteiger partial charge in [-0.05, 0) is 43.0 Å². The third-order valence-corrected chi connectivity index (χ3v) is 3.95. The number of hydrogen-bond acceptors (Lipinski definition) is 1. The molecule has 2 aromatic rings. The number of hydrogen-bond donors (Lipinski definition) is 2. The first-order valence-corrected chi connectivity index (χ1v) is 6.30. The molecule has 1 atom stereocenters. The van der Waals surface area contributed by atoms with Crippen LogP contribution in [0.5, 0.6) is 0 Å². The highest BCUT2D eigenvalue weighted by Gasteiger charge is 2.57. The number of alkyl halides is 3. The molecule has 6 heteroatoms. The fourth-order valence-electron chi connectivity index (χ4n) is 2.76. The maximum Gasteiger partial charge on any atom is 0.422 e. The first-order chi connectivity index (χ1) is 8.83. The fraction of sp³-hybridized carbons (Fsp3) is 0.385. The van der Waals surface area contributed by atoms with Gasteiger partial charge in [0.1, 0.15) is 0 Å². The average Bonchev–Trinajstić information content (AvgIpc) is 2.68. The van der Waals surface area contributed by atoms with E-state index in [4.69, 9.17) is 11.6 Å². The highest BCUT2D eigenvalue weighted by Crippen LogP contribution is 2.48. The van der Waals surface area contributed by atoms with Crippen molar-refractivity contribution >= 4 is 22.5 Å². The predicted octanol–water partition coefficient (Wildman–Crippen LogP) is 3.91. The van der Waals surface area contributed by atoms with Crippen molar-refractivity contribution in [2.75, 3.05) is 0 Å². The van der Waals surface area contributed by atoms with Crippen LogP contribution in [0, 0.1) is 0 Å². The van der Waals surface area contributed by atoms with E-state index in [1.165, 1.54) is 0 Å². The smallest absolute Gasteiger partial charge is 0.375 e. The van der Waals surface area contributed by atoms with Gasteiger partial charge in [-0.3, -0.25) is 0 Å². The van der Waals surface area contributed by atoms with Crippen molar-refractivity contribution < 1.29 is 18.3 Å². The standard InChI is InChI=1S/C13H11ClF3NO/c14-7-3-4-10-9(6-7)8-2-1-5-12(19,11(8)18-10)13(15,16)17/h3-4,6,18-19H,1-2,5H2. The van der Waals surface area contributed by atoms with Gasteiger partial charge in [0.25, 0.3) is 0 Å². The van der Waals surface area contributed by atoms with Crippen molar-refractivity contribution in [3.05, 3.63) is 34.5 Å². The SMILES string of the molecule is OC1(C(F)(F)F)CCCc2c1[nH]c1ccc(Cl)cc21. The minimum atomic E-state index is -4.69. The van der Waals surface area contributed by atoms with Crippen LogP contribution in [0.2, 0.25) is 5.02 Å². The number of aryl methyl sites for hydroxylation is 1. The molecule has 3 rings (SSSR count). The van der Waals surface area contributed by atoms with Crippen LogP contribution in [0.25, 0.3) is 10.9 Å². The highest BCUT2D eigenvalue weighted by molar-refractivity contribution is 6.31. The monoisotopic (exact) mass is 289 g/mol. The number of fused-ring (bicyclic) bond motifs is 3. The van der Waals surface area contributed by atoms with Crippen LogP contribution in [0.15, 0.2) is 18.2 Å². The summed E-state index contributed by atoms with van der Waals surface area (Å²) in [5.74, 6) is 0. The number of aliphatic hydroxyl groups is 1. The molecule has 0 bridgehead atoms. The summed E-state index contributed by atoms with van der Waals surface area (Å²) in [7, 11) is 0. The van der Waals surface area contributed by atoms with Gasteiger partial charge in [-0.25, -0.2) is 0 Å². The lowest BCUT2D eigenvalue weighted by molar-refractivity contribution is -0.272. The van der Waals surface area contributed by atoms with Gasteiger partial charge >= 0.3 is 6.18 Å². The van der Waals surface area contributed by atoms with E-state index in [2.05, 4.69) is 4.98 Å². The number of H-pyrrole nitrogens is 1. The Labute approximate surface area is 112 Å². The Morgan fingerprint density at radius 3 is 2.74 bits per heavy atom. The van der Waals surface area contributed by atoms with Crippen LogP contribution in [-0.2, 0) is 12.0 Å². The van der Waals surface area contributed by atoms with E-state index >= 15 is 0 Å². The average molecular weight is 290 g/mol. The van der Waals surface area contributed by atoms with Crippen molar-refractivity contribution in [1.29, 1.82) is 0 Å². The molecule has 0 radical (unpaired) electrons. The van der Waals surface area contributed by atoms with Gasteiger partial charge in [-0.2, -0.15) is 13.2 Å². The normalized spacial score (nSPS) is 23.6. The number of aromatic nitrogens is 1. The Morgan fingerprint density at radius 2 is 2.05 bits per heavy atom. The Balaban J connectivity index is 2.29. The van der Waals surface area contributed by atoms with Gasteiger partial charge in [0.2, 0.25) is 5.60 Å². The molecular weight excluding hydrogens is 279 g/mol. The molecule has 1 unspecified atom stereocenters. The zero-order chi connectivity index (χ0) is 13.8. The fourth-order valence-corrected chi connectivity index (χ4v) is 2.93. The Bertz CT molecular complexity index is 649. The maximum atomic E-state index is 13.1. The number of nitrogens with one attached hydrogen (secondary N) is 1. The van der Waals surface area contributed by atoms with E-state index in [0.29, 0.717) is 34.3 Å². The summed E-state index contributed by atoms with van der Waals surface area (Å²) in [6.45, 7) is 0. The summed E-state index contributed by atoms with van der Waals surface area (Å²) in [5, 5.41) is 11.2. The van der Waals surface area contributed by atoms with Crippen molar-refractivity contribution in [2.45, 2.75) is 31.0 Å². The van der Waals surface area contributed by atoms with Gasteiger partial charge in [0.15, 0.2) is 0 Å². The summed E-state index contributed by atoms with van der Waals surface area (Å²) in [6, 6.07) is 4.87. The third-order valence-electron chi connectivity index (χ3n) is 3.72. The highest BCUT2D eigenvalue weighted by atomic mass is 35.5. The first-order valence-electron chi connectivity index (χ1n) is 5.92. The van der Waals surface area contributed by atoms with Gasteiger partial charge < -0.3 is 10.1 Å². The molecule has 1 heterocycles. The molecular formula is C13H11ClF3NO. The second kappa shape index (κ2) is 3.90. The van der Waals surface area contributed by atoms with Crippen LogP contribution in [-0.4, -0.2) is 16.3 Å². The lowest BCUT2D eigenvalue weighted by atomic mass is 9.82. The molecule has 1 aliphatic rings. The minimum Gasteiger partial charge on any atom is -0.375 e. The zero-order valence-corrected chi connectivity index (χ0v) is 10.6. The number of halogens is 4. The molecule has 1 aromatic carbocycles. The molecule has 19 heavy (non-hydrogen) atoms. The summed E-state index contributed by atoms with van der Waals surface area (Å²) in [6.07, 6.45) is -4.20. The Kier molecular flexibility index (Phi) is 2.63. The van der Waals surface area contributed by atoms with Crippen molar-refractivity contribution in [2.24, 2.45) is 0 Å². The zero-order valence-electron chi connectivity index (χ0n) is 9.81. The lowest BCUT2D eigenvalue weighted by Gasteiger charge is -2.33. The molecule has 2 N–H and O–H groups in total. The van der Waals surface area contributed by atoms with Crippen molar-refractivity contribution in [3.63, 3.8) is 0 Å². The van der Waals surface area contributed by atoms with Crippen LogP contribution in [0.3, 0.4) is 0 Å². The molecule has 2 nitrogen and oxygen atoms in total. The summed E-state index contributed by atoms with van der Waals surface area (Å²) < 4.78 is 39.3. The van der Waals surface area contributed by atoms with Crippen LogP contribution >= 0.6 is 11.6 Å². The van der Waals surface area contributed by atoms with E-state index in [0.717, 1.165) is 0 Å². The molecule has 0 saturated heterocycles. The first kappa shape index (κ1) is 12.8. The Hall–Kier alpha value is -1.20. The van der Waals surface area contributed by atoms with E-state index in [-0.39, 0.29) is 12.1 Å². The topological polar surface area (TPSA) is 36.0 Å². The molecule has 0 fully saturated rings. The van der Waals surface area contributed by atoms with E-state index in [1.807, 2.05) is 0 Å². The molecule has 0 spiro atoms. The van der Waals surface area contributed by atoms with Crippen LogP contribution in [0.4, 0.5) is 13.2 Å². The van der Waals surface area contributed by atoms with E-state index in [9.17, 15) is 18.3 Å². The quantitative estimate of drug-likeness (QED) is 0.758. The summed E-state index contributed by atoms with van der Waals surface area (Å²) in [4.78, 5) is 2.71. The minimum absolute atomic E-state index is 0.136. The van der Waals surface area contributed by atoms with E-state index in [1.54, 1.807) is 18.2 Å². The van der Waals surface area contributed by atoms with Gasteiger partial charge in [0.05, 0.1) is 5.69 Å². The van der Waals surface area contributed by atoms with Gasteiger partial charge in [0, 0.05) is 15.9 Å². The maximum absolute atomic E-state index is 13.1. The number of benzene rings is 1. The second-order valence-corrected chi connectivity index (χ2v) is 5.32. The number of aromatic amines is 1. The summed E-state index contributed by atoms with van der Waals surface area (Å²) in [5.41, 5.74) is -1.84. The summed E-state index contributed by atoms with van der Waals surface area (Å²) >= 11 is 5.88. The van der Waals surface area contributed by atoms with E-state index < -0.39 is 11.8 Å². The molecule has 0 saturated carbocycles. The number of rotatable bonds is 0. The molecule has 0 aliphatic heterocycles. The van der Waals surface area contributed by atoms with Crippen molar-refractivity contribution in [3.8, 4) is 0 Å². The molecule has 102 valence electrons. The molecule has 1 aromatic heterocycles. The molecule has 1 aliphatic carbocycles. The van der Waals surface area contributed by atoms with Gasteiger partial charge in [-0.1, -0.05) is 11.6 Å². The third kappa shape index (κ3) is 1.75. The van der Waals surface area contributed by atoms with Crippen LogP contribution < -0.4 is 0 Å². The second-order valence-electron chi connectivity index (χ2n) is 4.88. The van der Waals surface area contributed by atoms with Crippen molar-refractivity contribution in [1.82, 2.24) is 4.98 Å². The molecule has 0 amide bonds.